The van der Waals surface area contributed by atoms with Gasteiger partial charge in [0.25, 0.3) is 0 Å². The molecule has 1 amide bonds. The van der Waals surface area contributed by atoms with E-state index in [1.807, 2.05) is 0 Å². The van der Waals surface area contributed by atoms with Gasteiger partial charge >= 0.3 is 0 Å². The van der Waals surface area contributed by atoms with E-state index in [0.29, 0.717) is 10.9 Å². The van der Waals surface area contributed by atoms with Gasteiger partial charge in [0.1, 0.15) is 0 Å². The van der Waals surface area contributed by atoms with Crippen molar-refractivity contribution < 1.29 is 4.79 Å². The molecule has 18 heavy (non-hydrogen) atoms. The maximum atomic E-state index is 12.5. The summed E-state index contributed by atoms with van der Waals surface area (Å²) in [7, 11) is 0. The van der Waals surface area contributed by atoms with Gasteiger partial charge < -0.3 is 11.1 Å². The molecular formula is C14H24N2OS. The van der Waals surface area contributed by atoms with Crippen LogP contribution >= 0.6 is 12.2 Å². The molecule has 102 valence electrons. The van der Waals surface area contributed by atoms with Gasteiger partial charge in [0.2, 0.25) is 5.91 Å². The van der Waals surface area contributed by atoms with Crippen molar-refractivity contribution in [3.05, 3.63) is 0 Å². The van der Waals surface area contributed by atoms with Crippen LogP contribution in [0.2, 0.25) is 0 Å². The number of hydrogen-bond acceptors (Lipinski definition) is 2. The van der Waals surface area contributed by atoms with Crippen molar-refractivity contribution in [3.8, 4) is 0 Å². The largest absolute Gasteiger partial charge is 0.392 e. The Bertz CT molecular complexity index is 333. The zero-order valence-electron chi connectivity index (χ0n) is 11.2. The van der Waals surface area contributed by atoms with Crippen LogP contribution in [0.3, 0.4) is 0 Å². The minimum absolute atomic E-state index is 0.0779. The monoisotopic (exact) mass is 268 g/mol. The average Bonchev–Trinajstić information content (AvgIpc) is 2.27. The van der Waals surface area contributed by atoms with E-state index in [2.05, 4.69) is 12.2 Å². The summed E-state index contributed by atoms with van der Waals surface area (Å²) >= 11 is 5.18. The lowest BCUT2D eigenvalue weighted by atomic mass is 9.72. The second-order valence-corrected chi connectivity index (χ2v) is 6.40. The highest BCUT2D eigenvalue weighted by molar-refractivity contribution is 7.80. The number of rotatable bonds is 4. The second-order valence-electron chi connectivity index (χ2n) is 5.96. The minimum atomic E-state index is -0.564. The number of carbonyl (C=O) groups is 1. The summed E-state index contributed by atoms with van der Waals surface area (Å²) in [6.45, 7) is 2.11. The van der Waals surface area contributed by atoms with Crippen molar-refractivity contribution >= 4 is 23.1 Å². The molecular weight excluding hydrogens is 244 g/mol. The third-order valence-corrected chi connectivity index (χ3v) is 5.22. The van der Waals surface area contributed by atoms with Crippen molar-refractivity contribution in [2.45, 2.75) is 64.3 Å². The van der Waals surface area contributed by atoms with Gasteiger partial charge in [0.05, 0.1) is 10.4 Å². The number of thiocarbonyl (C=S) groups is 1. The predicted octanol–water partition coefficient (Wildman–Crippen LogP) is 2.53. The standard InChI is InChI=1S/C14H24N2OS/c1-10(11-6-5-7-11)16-13(17)14(12(15)18)8-3-2-4-9-14/h10-11H,2-9H2,1H3,(H2,15,18)(H,16,17). The predicted molar refractivity (Wildman–Crippen MR) is 77.2 cm³/mol. The van der Waals surface area contributed by atoms with Gasteiger partial charge in [-0.05, 0) is 38.5 Å². The Morgan fingerprint density at radius 3 is 2.33 bits per heavy atom. The molecule has 2 fully saturated rings. The highest BCUT2D eigenvalue weighted by Crippen LogP contribution is 2.38. The summed E-state index contributed by atoms with van der Waals surface area (Å²) in [6, 6.07) is 0.263. The van der Waals surface area contributed by atoms with Crippen molar-refractivity contribution in [3.63, 3.8) is 0 Å². The van der Waals surface area contributed by atoms with E-state index in [9.17, 15) is 4.79 Å². The van der Waals surface area contributed by atoms with Crippen LogP contribution in [-0.2, 0) is 4.79 Å². The second kappa shape index (κ2) is 5.55. The van der Waals surface area contributed by atoms with Crippen LogP contribution < -0.4 is 11.1 Å². The Morgan fingerprint density at radius 1 is 1.28 bits per heavy atom. The molecule has 0 radical (unpaired) electrons. The average molecular weight is 268 g/mol. The van der Waals surface area contributed by atoms with E-state index in [-0.39, 0.29) is 11.9 Å². The highest BCUT2D eigenvalue weighted by Gasteiger charge is 2.43. The molecule has 2 rings (SSSR count). The molecule has 0 aromatic carbocycles. The van der Waals surface area contributed by atoms with Gasteiger partial charge in [0.15, 0.2) is 0 Å². The topological polar surface area (TPSA) is 55.1 Å². The van der Waals surface area contributed by atoms with Crippen molar-refractivity contribution in [2.75, 3.05) is 0 Å². The van der Waals surface area contributed by atoms with E-state index in [1.54, 1.807) is 0 Å². The maximum Gasteiger partial charge on any atom is 0.233 e. The Kier molecular flexibility index (Phi) is 4.25. The Morgan fingerprint density at radius 2 is 1.89 bits per heavy atom. The van der Waals surface area contributed by atoms with E-state index in [0.717, 1.165) is 25.7 Å². The molecule has 0 bridgehead atoms. The smallest absolute Gasteiger partial charge is 0.233 e. The van der Waals surface area contributed by atoms with Crippen molar-refractivity contribution in [1.82, 2.24) is 5.32 Å². The molecule has 1 atom stereocenters. The maximum absolute atomic E-state index is 12.5. The first-order chi connectivity index (χ1) is 8.56. The third-order valence-electron chi connectivity index (χ3n) is 4.83. The number of hydrogen-bond donors (Lipinski definition) is 2. The summed E-state index contributed by atoms with van der Waals surface area (Å²) in [5, 5.41) is 3.17. The molecule has 3 N–H and O–H groups in total. The Labute approximate surface area is 115 Å². The van der Waals surface area contributed by atoms with E-state index in [4.69, 9.17) is 18.0 Å². The first kappa shape index (κ1) is 13.8. The summed E-state index contributed by atoms with van der Waals surface area (Å²) in [4.78, 5) is 12.9. The van der Waals surface area contributed by atoms with Crippen LogP contribution in [0.15, 0.2) is 0 Å². The quantitative estimate of drug-likeness (QED) is 0.770. The van der Waals surface area contributed by atoms with Crippen LogP contribution in [0.1, 0.15) is 58.3 Å². The number of nitrogens with two attached hydrogens (primary N) is 1. The van der Waals surface area contributed by atoms with Gasteiger partial charge in [-0.2, -0.15) is 0 Å². The summed E-state index contributed by atoms with van der Waals surface area (Å²) < 4.78 is 0. The number of nitrogens with one attached hydrogen (secondary N) is 1. The lowest BCUT2D eigenvalue weighted by Gasteiger charge is -2.38. The van der Waals surface area contributed by atoms with Gasteiger partial charge in [-0.15, -0.1) is 0 Å². The first-order valence-corrected chi connectivity index (χ1v) is 7.58. The SMILES string of the molecule is CC(NC(=O)C1(C(N)=S)CCCCC1)C1CCC1. The lowest BCUT2D eigenvalue weighted by Crippen LogP contribution is -2.53. The molecule has 0 spiro atoms. The molecule has 3 nitrogen and oxygen atoms in total. The van der Waals surface area contributed by atoms with Crippen molar-refractivity contribution in [1.29, 1.82) is 0 Å². The summed E-state index contributed by atoms with van der Waals surface area (Å²) in [6.07, 6.45) is 8.73. The van der Waals surface area contributed by atoms with Crippen LogP contribution in [0, 0.1) is 11.3 Å². The van der Waals surface area contributed by atoms with Gasteiger partial charge in [-0.1, -0.05) is 37.9 Å². The van der Waals surface area contributed by atoms with Crippen LogP contribution in [-0.4, -0.2) is 16.9 Å². The highest BCUT2D eigenvalue weighted by atomic mass is 32.1. The summed E-state index contributed by atoms with van der Waals surface area (Å²) in [5.74, 6) is 0.732. The van der Waals surface area contributed by atoms with Crippen molar-refractivity contribution in [2.24, 2.45) is 17.1 Å². The molecule has 2 saturated carbocycles. The molecule has 1 unspecified atom stereocenters. The third kappa shape index (κ3) is 2.53. The molecule has 0 heterocycles. The Balaban J connectivity index is 2.01. The minimum Gasteiger partial charge on any atom is -0.392 e. The fourth-order valence-corrected chi connectivity index (χ4v) is 3.44. The molecule has 4 heteroatoms. The molecule has 2 aliphatic rings. The van der Waals surface area contributed by atoms with E-state index >= 15 is 0 Å². The van der Waals surface area contributed by atoms with E-state index in [1.165, 1.54) is 25.7 Å². The fourth-order valence-electron chi connectivity index (χ4n) is 3.14. The molecule has 0 saturated heterocycles. The number of carbonyl (C=O) groups excluding carboxylic acids is 1. The zero-order valence-corrected chi connectivity index (χ0v) is 12.0. The van der Waals surface area contributed by atoms with Crippen LogP contribution in [0.25, 0.3) is 0 Å². The zero-order chi connectivity index (χ0) is 13.2. The summed E-state index contributed by atoms with van der Waals surface area (Å²) in [5.41, 5.74) is 5.31. The molecule has 2 aliphatic carbocycles. The molecule has 0 aromatic heterocycles. The molecule has 0 aliphatic heterocycles. The van der Waals surface area contributed by atoms with Gasteiger partial charge in [0, 0.05) is 6.04 Å². The van der Waals surface area contributed by atoms with Crippen LogP contribution in [0.5, 0.6) is 0 Å². The number of amides is 1. The van der Waals surface area contributed by atoms with Crippen LogP contribution in [0.4, 0.5) is 0 Å². The first-order valence-electron chi connectivity index (χ1n) is 7.17. The normalized spacial score (nSPS) is 24.9. The van der Waals surface area contributed by atoms with Gasteiger partial charge in [-0.3, -0.25) is 4.79 Å². The molecule has 0 aromatic rings. The Hall–Kier alpha value is -0.640. The van der Waals surface area contributed by atoms with E-state index < -0.39 is 5.41 Å². The fraction of sp³-hybridized carbons (Fsp3) is 0.857. The van der Waals surface area contributed by atoms with Gasteiger partial charge in [-0.25, -0.2) is 0 Å². The lowest BCUT2D eigenvalue weighted by molar-refractivity contribution is -0.130.